The van der Waals surface area contributed by atoms with E-state index < -0.39 is 30.5 Å². The Morgan fingerprint density at radius 1 is 1.31 bits per heavy atom. The summed E-state index contributed by atoms with van der Waals surface area (Å²) in [4.78, 5) is 1.67. The molecule has 0 saturated carbocycles. The van der Waals surface area contributed by atoms with Crippen LogP contribution in [0.25, 0.3) is 0 Å². The first-order valence-electron chi connectivity index (χ1n) is 4.53. The van der Waals surface area contributed by atoms with E-state index in [0.29, 0.717) is 13.0 Å². The average molecular weight is 191 g/mol. The zero-order valence-corrected chi connectivity index (χ0v) is 7.17. The summed E-state index contributed by atoms with van der Waals surface area (Å²) >= 11 is 0. The number of alkyl halides is 1. The van der Waals surface area contributed by atoms with Gasteiger partial charge in [0.15, 0.2) is 0 Å². The number of nitrogens with zero attached hydrogens (tertiary/aromatic N) is 1. The van der Waals surface area contributed by atoms with Crippen LogP contribution < -0.4 is 0 Å². The van der Waals surface area contributed by atoms with E-state index in [1.54, 1.807) is 4.90 Å². The first-order chi connectivity index (χ1) is 6.16. The van der Waals surface area contributed by atoms with E-state index in [-0.39, 0.29) is 6.61 Å². The molecule has 2 aliphatic rings. The summed E-state index contributed by atoms with van der Waals surface area (Å²) in [5, 5.41) is 27.9. The minimum absolute atomic E-state index is 0.235. The van der Waals surface area contributed by atoms with E-state index in [0.717, 1.165) is 0 Å². The first kappa shape index (κ1) is 9.33. The van der Waals surface area contributed by atoms with E-state index in [4.69, 9.17) is 5.11 Å². The van der Waals surface area contributed by atoms with Gasteiger partial charge in [-0.3, -0.25) is 4.90 Å². The molecule has 0 aromatic carbocycles. The van der Waals surface area contributed by atoms with Gasteiger partial charge in [0.05, 0.1) is 30.9 Å². The van der Waals surface area contributed by atoms with Crippen molar-refractivity contribution in [3.05, 3.63) is 0 Å². The van der Waals surface area contributed by atoms with Crippen molar-refractivity contribution in [3.8, 4) is 0 Å². The molecule has 0 spiro atoms. The molecule has 2 fully saturated rings. The topological polar surface area (TPSA) is 63.9 Å². The second-order valence-electron chi connectivity index (χ2n) is 3.76. The molecule has 0 aliphatic carbocycles. The van der Waals surface area contributed by atoms with Crippen LogP contribution in [-0.2, 0) is 0 Å². The smallest absolute Gasteiger partial charge is 0.119 e. The SMILES string of the molecule is OC[C@H]1[C@H](O)[C@@H](O)C2[C@H](F)CCN21. The fraction of sp³-hybridized carbons (Fsp3) is 1.00. The van der Waals surface area contributed by atoms with E-state index in [1.165, 1.54) is 0 Å². The number of rotatable bonds is 1. The summed E-state index contributed by atoms with van der Waals surface area (Å²) in [6.45, 7) is 0.270. The zero-order valence-electron chi connectivity index (χ0n) is 7.17. The molecular weight excluding hydrogens is 177 g/mol. The fourth-order valence-corrected chi connectivity index (χ4v) is 2.44. The number of halogens is 1. The Hall–Kier alpha value is -0.230. The molecule has 0 amide bonds. The van der Waals surface area contributed by atoms with Gasteiger partial charge in [-0.1, -0.05) is 0 Å². The Morgan fingerprint density at radius 3 is 2.62 bits per heavy atom. The minimum Gasteiger partial charge on any atom is -0.395 e. The second-order valence-corrected chi connectivity index (χ2v) is 3.76. The summed E-state index contributed by atoms with van der Waals surface area (Å²) in [5.74, 6) is 0. The van der Waals surface area contributed by atoms with Crippen molar-refractivity contribution in [1.29, 1.82) is 0 Å². The van der Waals surface area contributed by atoms with Crippen molar-refractivity contribution in [2.75, 3.05) is 13.2 Å². The molecule has 0 aromatic rings. The fourth-order valence-electron chi connectivity index (χ4n) is 2.44. The lowest BCUT2D eigenvalue weighted by Gasteiger charge is -2.22. The van der Waals surface area contributed by atoms with E-state index in [2.05, 4.69) is 0 Å². The number of hydrogen-bond acceptors (Lipinski definition) is 4. The molecule has 3 N–H and O–H groups in total. The monoisotopic (exact) mass is 191 g/mol. The van der Waals surface area contributed by atoms with Crippen LogP contribution in [0.4, 0.5) is 4.39 Å². The first-order valence-corrected chi connectivity index (χ1v) is 4.53. The lowest BCUT2D eigenvalue weighted by atomic mass is 10.0. The van der Waals surface area contributed by atoms with Gasteiger partial charge in [0.25, 0.3) is 0 Å². The molecule has 5 heteroatoms. The Kier molecular flexibility index (Phi) is 2.27. The van der Waals surface area contributed by atoms with Gasteiger partial charge < -0.3 is 15.3 Å². The molecule has 2 rings (SSSR count). The van der Waals surface area contributed by atoms with E-state index in [9.17, 15) is 14.6 Å². The molecule has 4 nitrogen and oxygen atoms in total. The molecule has 2 saturated heterocycles. The lowest BCUT2D eigenvalue weighted by Crippen LogP contribution is -2.39. The average Bonchev–Trinajstić information content (AvgIpc) is 2.57. The van der Waals surface area contributed by atoms with Crippen molar-refractivity contribution in [2.45, 2.75) is 36.9 Å². The van der Waals surface area contributed by atoms with Gasteiger partial charge >= 0.3 is 0 Å². The summed E-state index contributed by atoms with van der Waals surface area (Å²) in [7, 11) is 0. The minimum atomic E-state index is -1.08. The zero-order chi connectivity index (χ0) is 9.59. The highest BCUT2D eigenvalue weighted by molar-refractivity contribution is 5.06. The van der Waals surface area contributed by atoms with Crippen molar-refractivity contribution in [2.24, 2.45) is 0 Å². The van der Waals surface area contributed by atoms with Crippen LogP contribution in [0.2, 0.25) is 0 Å². The Morgan fingerprint density at radius 2 is 2.00 bits per heavy atom. The summed E-state index contributed by atoms with van der Waals surface area (Å²) in [5.41, 5.74) is 0. The van der Waals surface area contributed by atoms with E-state index in [1.807, 2.05) is 0 Å². The number of fused-ring (bicyclic) bond motifs is 1. The highest BCUT2D eigenvalue weighted by Gasteiger charge is 2.53. The van der Waals surface area contributed by atoms with E-state index >= 15 is 0 Å². The Labute approximate surface area is 75.6 Å². The molecule has 0 radical (unpaired) electrons. The number of aliphatic hydroxyl groups is 3. The maximum atomic E-state index is 13.2. The molecule has 2 heterocycles. The van der Waals surface area contributed by atoms with Crippen LogP contribution in [0.15, 0.2) is 0 Å². The summed E-state index contributed by atoms with van der Waals surface area (Å²) in [6, 6.07) is -1.12. The van der Waals surface area contributed by atoms with Crippen LogP contribution in [0, 0.1) is 0 Å². The Bertz CT molecular complexity index is 204. The Balaban J connectivity index is 2.19. The number of hydrogen-bond donors (Lipinski definition) is 3. The van der Waals surface area contributed by atoms with Crippen LogP contribution in [-0.4, -0.2) is 63.8 Å². The molecule has 0 bridgehead atoms. The number of aliphatic hydroxyl groups excluding tert-OH is 3. The lowest BCUT2D eigenvalue weighted by molar-refractivity contribution is 0.00866. The van der Waals surface area contributed by atoms with Gasteiger partial charge in [0.2, 0.25) is 0 Å². The van der Waals surface area contributed by atoms with Gasteiger partial charge in [0, 0.05) is 6.54 Å². The quantitative estimate of drug-likeness (QED) is 0.472. The maximum absolute atomic E-state index is 13.2. The van der Waals surface area contributed by atoms with Crippen LogP contribution >= 0.6 is 0 Å². The highest BCUT2D eigenvalue weighted by Crippen LogP contribution is 2.34. The van der Waals surface area contributed by atoms with Crippen molar-refractivity contribution < 1.29 is 19.7 Å². The van der Waals surface area contributed by atoms with Crippen molar-refractivity contribution in [3.63, 3.8) is 0 Å². The molecule has 1 unspecified atom stereocenters. The van der Waals surface area contributed by atoms with Gasteiger partial charge in [-0.15, -0.1) is 0 Å². The predicted octanol–water partition coefficient (Wildman–Crippen LogP) is -1.50. The van der Waals surface area contributed by atoms with Crippen molar-refractivity contribution >= 4 is 0 Å². The third-order valence-corrected chi connectivity index (χ3v) is 3.12. The predicted molar refractivity (Wildman–Crippen MR) is 42.9 cm³/mol. The van der Waals surface area contributed by atoms with Crippen LogP contribution in [0.3, 0.4) is 0 Å². The van der Waals surface area contributed by atoms with Gasteiger partial charge in [-0.2, -0.15) is 0 Å². The highest BCUT2D eigenvalue weighted by atomic mass is 19.1. The molecule has 0 aromatic heterocycles. The summed E-state index contributed by atoms with van der Waals surface area (Å²) in [6.07, 6.45) is -2.78. The van der Waals surface area contributed by atoms with Gasteiger partial charge in [-0.25, -0.2) is 4.39 Å². The standard InChI is InChI=1S/C8H14FNO3/c9-4-1-2-10-5(3-11)7(12)8(13)6(4)10/h4-8,11-13H,1-3H2/t4-,5+,6?,7+,8+/m1/s1. The van der Waals surface area contributed by atoms with Crippen LogP contribution in [0.5, 0.6) is 0 Å². The normalized spacial score (nSPS) is 51.2. The van der Waals surface area contributed by atoms with Crippen LogP contribution in [0.1, 0.15) is 6.42 Å². The molecule has 5 atom stereocenters. The molecule has 76 valence electrons. The third-order valence-electron chi connectivity index (χ3n) is 3.12. The largest absolute Gasteiger partial charge is 0.395 e. The third kappa shape index (κ3) is 1.19. The second kappa shape index (κ2) is 3.16. The molecule has 13 heavy (non-hydrogen) atoms. The molecular formula is C8H14FNO3. The van der Waals surface area contributed by atoms with Crippen molar-refractivity contribution in [1.82, 2.24) is 4.90 Å². The molecule has 2 aliphatic heterocycles. The van der Waals surface area contributed by atoms with Gasteiger partial charge in [0.1, 0.15) is 6.17 Å². The van der Waals surface area contributed by atoms with Gasteiger partial charge in [-0.05, 0) is 6.42 Å². The maximum Gasteiger partial charge on any atom is 0.119 e. The summed E-state index contributed by atoms with van der Waals surface area (Å²) < 4.78 is 13.2.